The lowest BCUT2D eigenvalue weighted by Crippen LogP contribution is -2.20. The van der Waals surface area contributed by atoms with Crippen molar-refractivity contribution in [2.45, 2.75) is 0 Å². The summed E-state index contributed by atoms with van der Waals surface area (Å²) >= 11 is 4.70. The van der Waals surface area contributed by atoms with Crippen molar-refractivity contribution in [2.24, 2.45) is 0 Å². The summed E-state index contributed by atoms with van der Waals surface area (Å²) in [6.45, 7) is 0. The molecule has 1 aromatic rings. The van der Waals surface area contributed by atoms with Gasteiger partial charge in [-0.25, -0.2) is 4.98 Å². The minimum absolute atomic E-state index is 0.231. The summed E-state index contributed by atoms with van der Waals surface area (Å²) in [6.07, 6.45) is 1.34. The molecule has 0 aromatic carbocycles. The molecule has 1 amide bonds. The van der Waals surface area contributed by atoms with E-state index < -0.39 is 0 Å². The molecule has 0 aliphatic carbocycles. The number of nitrogens with one attached hydrogen (secondary N) is 2. The number of aromatic nitrogens is 2. The fraction of sp³-hybridized carbons (Fsp3) is 0.167. The van der Waals surface area contributed by atoms with Gasteiger partial charge in [-0.2, -0.15) is 0 Å². The van der Waals surface area contributed by atoms with Crippen molar-refractivity contribution in [3.8, 4) is 0 Å². The van der Waals surface area contributed by atoms with Gasteiger partial charge in [0, 0.05) is 13.2 Å². The van der Waals surface area contributed by atoms with E-state index in [2.05, 4.69) is 15.3 Å². The lowest BCUT2D eigenvalue weighted by Gasteiger charge is -2.01. The van der Waals surface area contributed by atoms with Crippen molar-refractivity contribution in [3.63, 3.8) is 0 Å². The number of carbonyl (C=O) groups excluding carboxylic acids is 1. The Morgan fingerprint density at radius 2 is 2.50 bits per heavy atom. The molecule has 0 unspecified atom stereocenters. The third-order valence-electron chi connectivity index (χ3n) is 1.31. The smallest absolute Gasteiger partial charge is 0.256 e. The third-order valence-corrected chi connectivity index (χ3v) is 1.52. The first-order valence-electron chi connectivity index (χ1n) is 3.22. The summed E-state index contributed by atoms with van der Waals surface area (Å²) < 4.78 is 0.264. The maximum Gasteiger partial charge on any atom is 0.256 e. The van der Waals surface area contributed by atoms with Gasteiger partial charge in [-0.3, -0.25) is 4.79 Å². The minimum Gasteiger partial charge on any atom is -0.384 e. The van der Waals surface area contributed by atoms with Crippen molar-refractivity contribution in [3.05, 3.63) is 16.5 Å². The number of carbonyl (C=O) groups is 1. The van der Waals surface area contributed by atoms with Crippen molar-refractivity contribution in [2.75, 3.05) is 12.8 Å². The van der Waals surface area contributed by atoms with Gasteiger partial charge < -0.3 is 16.0 Å². The molecule has 5 nitrogen and oxygen atoms in total. The molecule has 6 heteroatoms. The van der Waals surface area contributed by atoms with E-state index in [0.29, 0.717) is 5.56 Å². The molecule has 64 valence electrons. The van der Waals surface area contributed by atoms with Gasteiger partial charge in [0.05, 0.1) is 5.56 Å². The Balaban J connectivity index is 3.18. The Hall–Kier alpha value is -1.43. The molecule has 0 fully saturated rings. The fourth-order valence-corrected chi connectivity index (χ4v) is 0.886. The van der Waals surface area contributed by atoms with Crippen LogP contribution in [0, 0.1) is 4.77 Å². The van der Waals surface area contributed by atoms with Crippen molar-refractivity contribution in [1.82, 2.24) is 15.3 Å². The normalized spacial score (nSPS) is 9.42. The first kappa shape index (κ1) is 8.66. The van der Waals surface area contributed by atoms with Crippen LogP contribution in [0.3, 0.4) is 0 Å². The van der Waals surface area contributed by atoms with E-state index in [-0.39, 0.29) is 16.5 Å². The number of nitrogen functional groups attached to an aromatic ring is 1. The number of aromatic amines is 1. The van der Waals surface area contributed by atoms with Crippen molar-refractivity contribution >= 4 is 23.9 Å². The van der Waals surface area contributed by atoms with Gasteiger partial charge in [-0.05, 0) is 12.2 Å². The molecule has 12 heavy (non-hydrogen) atoms. The monoisotopic (exact) mass is 184 g/mol. The number of rotatable bonds is 1. The molecule has 0 aliphatic heterocycles. The van der Waals surface area contributed by atoms with Crippen LogP contribution in [0.2, 0.25) is 0 Å². The van der Waals surface area contributed by atoms with Crippen molar-refractivity contribution in [1.29, 1.82) is 0 Å². The van der Waals surface area contributed by atoms with Gasteiger partial charge in [-0.15, -0.1) is 0 Å². The molecule has 0 aliphatic rings. The molecular weight excluding hydrogens is 176 g/mol. The van der Waals surface area contributed by atoms with E-state index in [4.69, 9.17) is 18.0 Å². The zero-order chi connectivity index (χ0) is 9.14. The number of nitrogens with two attached hydrogens (primary N) is 1. The highest BCUT2D eigenvalue weighted by Crippen LogP contribution is 2.04. The highest BCUT2D eigenvalue weighted by Gasteiger charge is 2.07. The first-order chi connectivity index (χ1) is 5.65. The summed E-state index contributed by atoms with van der Waals surface area (Å²) in [4.78, 5) is 17.4. The number of hydrogen-bond acceptors (Lipinski definition) is 4. The summed E-state index contributed by atoms with van der Waals surface area (Å²) in [5.41, 5.74) is 5.77. The zero-order valence-corrected chi connectivity index (χ0v) is 7.23. The van der Waals surface area contributed by atoms with Crippen LogP contribution in [0.5, 0.6) is 0 Å². The molecule has 0 bridgehead atoms. The number of hydrogen-bond donors (Lipinski definition) is 3. The summed E-state index contributed by atoms with van der Waals surface area (Å²) in [5.74, 6) is -0.0550. The Kier molecular flexibility index (Phi) is 2.39. The fourth-order valence-electron chi connectivity index (χ4n) is 0.723. The van der Waals surface area contributed by atoms with E-state index in [1.165, 1.54) is 13.2 Å². The molecule has 1 rings (SSSR count). The molecule has 0 atom stereocenters. The van der Waals surface area contributed by atoms with Gasteiger partial charge in [0.25, 0.3) is 5.91 Å². The van der Waals surface area contributed by atoms with Crippen LogP contribution in [-0.4, -0.2) is 22.9 Å². The average molecular weight is 184 g/mol. The molecule has 0 saturated heterocycles. The SMILES string of the molecule is CNC(=O)c1cnc(=S)[nH]c1N. The minimum atomic E-state index is -0.286. The maximum atomic E-state index is 11.1. The summed E-state index contributed by atoms with van der Waals surface area (Å²) in [5, 5.41) is 2.43. The van der Waals surface area contributed by atoms with E-state index in [1.807, 2.05) is 0 Å². The quantitative estimate of drug-likeness (QED) is 0.540. The van der Waals surface area contributed by atoms with Gasteiger partial charge >= 0.3 is 0 Å². The standard InChI is InChI=1S/C6H8N4OS/c1-8-5(11)3-2-9-6(12)10-4(3)7/h2H,1H3,(H,8,11)(H3,7,9,10,12). The van der Waals surface area contributed by atoms with Crippen LogP contribution in [-0.2, 0) is 0 Å². The van der Waals surface area contributed by atoms with E-state index >= 15 is 0 Å². The Bertz CT molecular complexity index is 359. The second-order valence-electron chi connectivity index (χ2n) is 2.09. The van der Waals surface area contributed by atoms with Crippen LogP contribution in [0.1, 0.15) is 10.4 Å². The summed E-state index contributed by atoms with van der Waals surface area (Å²) in [7, 11) is 1.52. The predicted octanol–water partition coefficient (Wildman–Crippen LogP) is 0.0810. The second-order valence-corrected chi connectivity index (χ2v) is 2.48. The predicted molar refractivity (Wildman–Crippen MR) is 47.2 cm³/mol. The average Bonchev–Trinajstić information content (AvgIpc) is 2.03. The van der Waals surface area contributed by atoms with Gasteiger partial charge in [0.1, 0.15) is 5.82 Å². The van der Waals surface area contributed by atoms with Gasteiger partial charge in [0.2, 0.25) is 0 Å². The largest absolute Gasteiger partial charge is 0.384 e. The molecular formula is C6H8N4OS. The number of anilines is 1. The number of nitrogens with zero attached hydrogens (tertiary/aromatic N) is 1. The lowest BCUT2D eigenvalue weighted by molar-refractivity contribution is 0.0963. The molecule has 1 aromatic heterocycles. The van der Waals surface area contributed by atoms with Gasteiger partial charge in [0.15, 0.2) is 4.77 Å². The molecule has 4 N–H and O–H groups in total. The van der Waals surface area contributed by atoms with Crippen LogP contribution in [0.15, 0.2) is 6.20 Å². The zero-order valence-electron chi connectivity index (χ0n) is 6.42. The highest BCUT2D eigenvalue weighted by molar-refractivity contribution is 7.71. The van der Waals surface area contributed by atoms with Crippen LogP contribution in [0.4, 0.5) is 5.82 Å². The molecule has 0 spiro atoms. The Labute approximate surface area is 74.0 Å². The van der Waals surface area contributed by atoms with Crippen LogP contribution < -0.4 is 11.1 Å². The topological polar surface area (TPSA) is 83.8 Å². The Morgan fingerprint density at radius 3 is 3.00 bits per heavy atom. The molecule has 1 heterocycles. The van der Waals surface area contributed by atoms with Crippen molar-refractivity contribution < 1.29 is 4.79 Å². The second kappa shape index (κ2) is 3.31. The first-order valence-corrected chi connectivity index (χ1v) is 3.63. The van der Waals surface area contributed by atoms with Gasteiger partial charge in [-0.1, -0.05) is 0 Å². The van der Waals surface area contributed by atoms with E-state index in [1.54, 1.807) is 0 Å². The maximum absolute atomic E-state index is 11.1. The van der Waals surface area contributed by atoms with Crippen LogP contribution in [0.25, 0.3) is 0 Å². The van der Waals surface area contributed by atoms with Crippen LogP contribution >= 0.6 is 12.2 Å². The third kappa shape index (κ3) is 1.59. The van der Waals surface area contributed by atoms with E-state index in [0.717, 1.165) is 0 Å². The molecule has 0 saturated carbocycles. The Morgan fingerprint density at radius 1 is 1.83 bits per heavy atom. The lowest BCUT2D eigenvalue weighted by atomic mass is 10.3. The molecule has 0 radical (unpaired) electrons. The number of amides is 1. The summed E-state index contributed by atoms with van der Waals surface area (Å²) in [6, 6.07) is 0. The van der Waals surface area contributed by atoms with E-state index in [9.17, 15) is 4.79 Å². The number of H-pyrrole nitrogens is 1. The highest BCUT2D eigenvalue weighted by atomic mass is 32.1.